The highest BCUT2D eigenvalue weighted by Gasteiger charge is 1.99. The van der Waals surface area contributed by atoms with Crippen molar-refractivity contribution < 1.29 is 9.53 Å². The number of hydrogen-bond donors (Lipinski definition) is 0. The van der Waals surface area contributed by atoms with E-state index >= 15 is 0 Å². The van der Waals surface area contributed by atoms with E-state index in [4.69, 9.17) is 0 Å². The van der Waals surface area contributed by atoms with E-state index in [1.165, 1.54) is 10.8 Å². The van der Waals surface area contributed by atoms with E-state index in [1.54, 1.807) is 0 Å². The molecule has 0 fully saturated rings. The molecule has 9 heavy (non-hydrogen) atoms. The minimum atomic E-state index is -0.253. The maximum atomic E-state index is 10.5. The van der Waals surface area contributed by atoms with Crippen LogP contribution in [0.25, 0.3) is 0 Å². The number of ether oxygens (including phenoxy) is 1. The first kappa shape index (κ1) is 9.17. The molecule has 0 aliphatic carbocycles. The Bertz CT molecular complexity index is 85.0. The first-order chi connectivity index (χ1) is 4.31. The molecule has 0 aromatic carbocycles. The smallest absolute Gasteiger partial charge is 0.378 e. The van der Waals surface area contributed by atoms with E-state index in [0.29, 0.717) is 0 Å². The van der Waals surface area contributed by atoms with Gasteiger partial charge in [0.2, 0.25) is 0 Å². The molecule has 0 atom stereocenters. The Morgan fingerprint density at radius 3 is 2.89 bits per heavy atom. The quantitative estimate of drug-likeness (QED) is 0.473. The van der Waals surface area contributed by atoms with Crippen molar-refractivity contribution in [3.05, 3.63) is 6.92 Å². The molecule has 53 valence electrons. The number of rotatable bonds is 3. The Hall–Kier alpha value is 0.170. The normalized spacial score (nSPS) is 9.11. The molecule has 0 N–H and O–H groups in total. The zero-order chi connectivity index (χ0) is 7.11. The molecule has 0 rings (SSSR count). The predicted molar refractivity (Wildman–Crippen MR) is 42.4 cm³/mol. The molecule has 4 heteroatoms. The van der Waals surface area contributed by atoms with Crippen molar-refractivity contribution >= 4 is 26.9 Å². The van der Waals surface area contributed by atoms with E-state index in [2.05, 4.69) is 11.7 Å². The van der Waals surface area contributed by atoms with E-state index in [-0.39, 0.29) is 11.9 Å². The minimum Gasteiger partial charge on any atom is -0.457 e. The van der Waals surface area contributed by atoms with Crippen LogP contribution in [0.1, 0.15) is 6.92 Å². The third-order valence-electron chi connectivity index (χ3n) is 0.465. The Labute approximate surface area is 63.1 Å². The van der Waals surface area contributed by atoms with E-state index in [9.17, 15) is 4.79 Å². The number of carbonyl (C=O) groups excluding carboxylic acids is 1. The lowest BCUT2D eigenvalue weighted by Gasteiger charge is -1.96. The standard InChI is InChI=1S/C5H9O2S2/c1-3-7-5(6)9-8-4-2/h1,3-4H2,2H3. The van der Waals surface area contributed by atoms with Crippen LogP contribution in [0.15, 0.2) is 0 Å². The molecular weight excluding hydrogens is 156 g/mol. The average molecular weight is 165 g/mol. The van der Waals surface area contributed by atoms with Gasteiger partial charge in [0.15, 0.2) is 0 Å². The molecule has 0 aromatic rings. The summed E-state index contributed by atoms with van der Waals surface area (Å²) in [5.41, 5.74) is 0. The first-order valence-electron chi connectivity index (χ1n) is 2.56. The van der Waals surface area contributed by atoms with Crippen molar-refractivity contribution in [1.29, 1.82) is 0 Å². The molecule has 0 bridgehead atoms. The maximum absolute atomic E-state index is 10.5. The molecule has 0 aliphatic heterocycles. The summed E-state index contributed by atoms with van der Waals surface area (Å²) in [5.74, 6) is 0.914. The van der Waals surface area contributed by atoms with Crippen LogP contribution in [0.3, 0.4) is 0 Å². The van der Waals surface area contributed by atoms with Crippen molar-refractivity contribution in [1.82, 2.24) is 0 Å². The lowest BCUT2D eigenvalue weighted by molar-refractivity contribution is 0.187. The van der Waals surface area contributed by atoms with Crippen molar-refractivity contribution in [2.75, 3.05) is 12.4 Å². The van der Waals surface area contributed by atoms with Crippen molar-refractivity contribution in [3.63, 3.8) is 0 Å². The fourth-order valence-corrected chi connectivity index (χ4v) is 1.35. The topological polar surface area (TPSA) is 26.3 Å². The van der Waals surface area contributed by atoms with Crippen LogP contribution < -0.4 is 0 Å². The van der Waals surface area contributed by atoms with Crippen molar-refractivity contribution in [2.45, 2.75) is 6.92 Å². The van der Waals surface area contributed by atoms with Crippen molar-refractivity contribution in [2.24, 2.45) is 0 Å². The summed E-state index contributed by atoms with van der Waals surface area (Å²) >= 11 is 0. The molecule has 0 saturated heterocycles. The van der Waals surface area contributed by atoms with Gasteiger partial charge in [-0.1, -0.05) is 17.7 Å². The summed E-state index contributed by atoms with van der Waals surface area (Å²) in [6.07, 6.45) is 0. The zero-order valence-electron chi connectivity index (χ0n) is 5.25. The van der Waals surface area contributed by atoms with E-state index in [0.717, 1.165) is 16.5 Å². The molecule has 2 nitrogen and oxygen atoms in total. The first-order valence-corrected chi connectivity index (χ1v) is 4.88. The van der Waals surface area contributed by atoms with Crippen LogP contribution in [-0.2, 0) is 4.74 Å². The van der Waals surface area contributed by atoms with Gasteiger partial charge < -0.3 is 4.74 Å². The molecule has 1 radical (unpaired) electrons. The highest BCUT2D eigenvalue weighted by atomic mass is 33.1. The van der Waals surface area contributed by atoms with Gasteiger partial charge in [0.05, 0.1) is 6.61 Å². The average Bonchev–Trinajstić information content (AvgIpc) is 1.85. The molecular formula is C5H9O2S2. The molecule has 0 heterocycles. The van der Waals surface area contributed by atoms with Gasteiger partial charge in [-0.15, -0.1) is 0 Å². The monoisotopic (exact) mass is 165 g/mol. The number of hydrogen-bond acceptors (Lipinski definition) is 4. The molecule has 0 aliphatic rings. The van der Waals surface area contributed by atoms with Gasteiger partial charge in [0, 0.05) is 16.5 Å². The van der Waals surface area contributed by atoms with Crippen LogP contribution in [0.5, 0.6) is 0 Å². The largest absolute Gasteiger partial charge is 0.457 e. The van der Waals surface area contributed by atoms with Crippen LogP contribution in [0.2, 0.25) is 0 Å². The maximum Gasteiger partial charge on any atom is 0.378 e. The second-order valence-corrected chi connectivity index (χ2v) is 3.61. The summed E-state index contributed by atoms with van der Waals surface area (Å²) in [4.78, 5) is 10.5. The SMILES string of the molecule is [CH2]COC(=O)SSCC. The Balaban J connectivity index is 3.06. The van der Waals surface area contributed by atoms with Gasteiger partial charge in [0.1, 0.15) is 0 Å². The van der Waals surface area contributed by atoms with Gasteiger partial charge in [-0.2, -0.15) is 0 Å². The van der Waals surface area contributed by atoms with Crippen molar-refractivity contribution in [3.8, 4) is 0 Å². The van der Waals surface area contributed by atoms with E-state index < -0.39 is 0 Å². The minimum absolute atomic E-state index is 0.218. The fourth-order valence-electron chi connectivity index (χ4n) is 0.214. The fraction of sp³-hybridized carbons (Fsp3) is 0.600. The zero-order valence-corrected chi connectivity index (χ0v) is 6.89. The Kier molecular flexibility index (Phi) is 6.41. The molecule has 0 spiro atoms. The third kappa shape index (κ3) is 6.05. The highest BCUT2D eigenvalue weighted by Crippen LogP contribution is 2.22. The molecule has 0 saturated carbocycles. The van der Waals surface area contributed by atoms with Crippen LogP contribution in [0, 0.1) is 6.92 Å². The van der Waals surface area contributed by atoms with E-state index in [1.807, 2.05) is 6.92 Å². The second kappa shape index (κ2) is 6.29. The molecule has 0 amide bonds. The lowest BCUT2D eigenvalue weighted by Crippen LogP contribution is -1.93. The van der Waals surface area contributed by atoms with Gasteiger partial charge in [0.25, 0.3) is 0 Å². The Morgan fingerprint density at radius 2 is 2.44 bits per heavy atom. The predicted octanol–water partition coefficient (Wildman–Crippen LogP) is 2.36. The number of carbonyl (C=O) groups is 1. The second-order valence-electron chi connectivity index (χ2n) is 1.09. The Morgan fingerprint density at radius 1 is 1.78 bits per heavy atom. The summed E-state index contributed by atoms with van der Waals surface area (Å²) in [6, 6.07) is 0. The van der Waals surface area contributed by atoms with Crippen LogP contribution in [0.4, 0.5) is 4.79 Å². The summed E-state index contributed by atoms with van der Waals surface area (Å²) in [5, 5.41) is -0.253. The summed E-state index contributed by atoms with van der Waals surface area (Å²) in [7, 11) is 2.59. The molecule has 0 aromatic heterocycles. The lowest BCUT2D eigenvalue weighted by atomic mass is 10.9. The van der Waals surface area contributed by atoms with Crippen LogP contribution >= 0.6 is 21.6 Å². The molecule has 0 unspecified atom stereocenters. The third-order valence-corrected chi connectivity index (χ3v) is 2.54. The van der Waals surface area contributed by atoms with Gasteiger partial charge in [-0.25, -0.2) is 4.79 Å². The van der Waals surface area contributed by atoms with Crippen LogP contribution in [-0.4, -0.2) is 17.7 Å². The summed E-state index contributed by atoms with van der Waals surface area (Å²) < 4.78 is 4.54. The van der Waals surface area contributed by atoms with Gasteiger partial charge >= 0.3 is 5.30 Å². The van der Waals surface area contributed by atoms with Gasteiger partial charge in [-0.3, -0.25) is 0 Å². The van der Waals surface area contributed by atoms with Gasteiger partial charge in [-0.05, 0) is 6.92 Å². The highest BCUT2D eigenvalue weighted by molar-refractivity contribution is 8.82. The summed E-state index contributed by atoms with van der Waals surface area (Å²) in [6.45, 7) is 5.57.